The molecule has 6 amide bonds. The lowest BCUT2D eigenvalue weighted by atomic mass is 10.1. The SMILES string of the molecule is CC(C)C(=O)CCNC(=O)CNC(=O)CNC(=O)CNC(=O)CCCN1C(=O)CC(C)C1=O. The van der Waals surface area contributed by atoms with Gasteiger partial charge in [-0.25, -0.2) is 0 Å². The molecule has 0 radical (unpaired) electrons. The zero-order valence-corrected chi connectivity index (χ0v) is 19.3. The lowest BCUT2D eigenvalue weighted by Gasteiger charge is -2.13. The summed E-state index contributed by atoms with van der Waals surface area (Å²) < 4.78 is 0. The van der Waals surface area contributed by atoms with Gasteiger partial charge in [0.15, 0.2) is 0 Å². The van der Waals surface area contributed by atoms with Crippen LogP contribution in [0.2, 0.25) is 0 Å². The Labute approximate surface area is 192 Å². The summed E-state index contributed by atoms with van der Waals surface area (Å²) in [6, 6.07) is 0. The first-order valence-corrected chi connectivity index (χ1v) is 10.9. The number of amides is 6. The van der Waals surface area contributed by atoms with E-state index in [2.05, 4.69) is 21.3 Å². The summed E-state index contributed by atoms with van der Waals surface area (Å²) in [7, 11) is 0. The fourth-order valence-electron chi connectivity index (χ4n) is 2.91. The molecule has 1 aliphatic rings. The van der Waals surface area contributed by atoms with Gasteiger partial charge in [-0.05, 0) is 6.42 Å². The summed E-state index contributed by atoms with van der Waals surface area (Å²) in [4.78, 5) is 82.9. The lowest BCUT2D eigenvalue weighted by molar-refractivity contribution is -0.139. The molecule has 184 valence electrons. The fraction of sp³-hybridized carbons (Fsp3) is 0.667. The zero-order chi connectivity index (χ0) is 25.0. The minimum absolute atomic E-state index is 0.0283. The van der Waals surface area contributed by atoms with Crippen molar-refractivity contribution in [2.24, 2.45) is 11.8 Å². The molecule has 0 aromatic carbocycles. The minimum atomic E-state index is -0.589. The normalized spacial score (nSPS) is 15.4. The Balaban J connectivity index is 2.11. The van der Waals surface area contributed by atoms with E-state index in [9.17, 15) is 33.6 Å². The molecule has 0 saturated carbocycles. The van der Waals surface area contributed by atoms with Crippen molar-refractivity contribution in [3.05, 3.63) is 0 Å². The summed E-state index contributed by atoms with van der Waals surface area (Å²) in [5.41, 5.74) is 0. The summed E-state index contributed by atoms with van der Waals surface area (Å²) in [6.07, 6.45) is 0.723. The quantitative estimate of drug-likeness (QED) is 0.219. The average molecular weight is 468 g/mol. The van der Waals surface area contributed by atoms with Gasteiger partial charge in [0.05, 0.1) is 19.6 Å². The molecule has 0 bridgehead atoms. The van der Waals surface area contributed by atoms with E-state index >= 15 is 0 Å². The Bertz CT molecular complexity index is 781. The van der Waals surface area contributed by atoms with E-state index in [1.54, 1.807) is 20.8 Å². The maximum atomic E-state index is 11.8. The van der Waals surface area contributed by atoms with Gasteiger partial charge in [0.2, 0.25) is 35.4 Å². The third-order valence-corrected chi connectivity index (χ3v) is 4.93. The van der Waals surface area contributed by atoms with Gasteiger partial charge < -0.3 is 21.3 Å². The van der Waals surface area contributed by atoms with Gasteiger partial charge in [0.25, 0.3) is 0 Å². The maximum absolute atomic E-state index is 11.8. The number of hydrogen-bond donors (Lipinski definition) is 4. The van der Waals surface area contributed by atoms with Crippen LogP contribution in [0.4, 0.5) is 0 Å². The fourth-order valence-corrected chi connectivity index (χ4v) is 2.91. The van der Waals surface area contributed by atoms with Gasteiger partial charge in [0.1, 0.15) is 5.78 Å². The second kappa shape index (κ2) is 14.0. The molecule has 12 nitrogen and oxygen atoms in total. The number of ketones is 1. The predicted octanol–water partition coefficient (Wildman–Crippen LogP) is -1.76. The van der Waals surface area contributed by atoms with Crippen molar-refractivity contribution in [3.8, 4) is 0 Å². The monoisotopic (exact) mass is 467 g/mol. The third-order valence-electron chi connectivity index (χ3n) is 4.93. The first-order chi connectivity index (χ1) is 15.5. The van der Waals surface area contributed by atoms with Gasteiger partial charge in [0, 0.05) is 44.2 Å². The van der Waals surface area contributed by atoms with Gasteiger partial charge >= 0.3 is 0 Å². The molecule has 0 aromatic heterocycles. The van der Waals surface area contributed by atoms with E-state index < -0.39 is 23.6 Å². The van der Waals surface area contributed by atoms with Crippen LogP contribution in [0.25, 0.3) is 0 Å². The number of nitrogens with one attached hydrogen (secondary N) is 4. The smallest absolute Gasteiger partial charge is 0.239 e. The van der Waals surface area contributed by atoms with Gasteiger partial charge in [-0.15, -0.1) is 0 Å². The van der Waals surface area contributed by atoms with Gasteiger partial charge in [-0.3, -0.25) is 38.5 Å². The molecule has 33 heavy (non-hydrogen) atoms. The number of nitrogens with zero attached hydrogens (tertiary/aromatic N) is 1. The number of imide groups is 1. The molecular formula is C21H33N5O7. The van der Waals surface area contributed by atoms with E-state index in [1.165, 1.54) is 0 Å². The Morgan fingerprint density at radius 3 is 1.85 bits per heavy atom. The molecule has 1 rings (SSSR count). The Kier molecular flexibility index (Phi) is 11.7. The van der Waals surface area contributed by atoms with Crippen molar-refractivity contribution in [2.75, 3.05) is 32.7 Å². The second-order valence-electron chi connectivity index (χ2n) is 8.14. The molecule has 1 saturated heterocycles. The van der Waals surface area contributed by atoms with E-state index in [4.69, 9.17) is 0 Å². The summed E-state index contributed by atoms with van der Waals surface area (Å²) in [5.74, 6) is -2.94. The molecule has 12 heteroatoms. The minimum Gasteiger partial charge on any atom is -0.354 e. The first kappa shape index (κ1) is 27.7. The van der Waals surface area contributed by atoms with Crippen LogP contribution < -0.4 is 21.3 Å². The van der Waals surface area contributed by atoms with Gasteiger partial charge in [-0.1, -0.05) is 20.8 Å². The Hall–Kier alpha value is -3.31. The molecule has 1 aliphatic heterocycles. The molecular weight excluding hydrogens is 434 g/mol. The standard InChI is InChI=1S/C21H33N5O7/c1-13(2)15(27)6-7-22-17(29)10-24-19(31)12-25-18(30)11-23-16(28)5-4-8-26-20(32)9-14(3)21(26)33/h13-14H,4-12H2,1-3H3,(H,22,29)(H,23,28)(H,24,31)(H,25,30). The average Bonchev–Trinajstić information content (AvgIpc) is 3.00. The highest BCUT2D eigenvalue weighted by Crippen LogP contribution is 2.18. The molecule has 0 spiro atoms. The second-order valence-corrected chi connectivity index (χ2v) is 8.14. The summed E-state index contributed by atoms with van der Waals surface area (Å²) in [6.45, 7) is 4.56. The van der Waals surface area contributed by atoms with Crippen LogP contribution in [0.1, 0.15) is 46.5 Å². The molecule has 1 unspecified atom stereocenters. The van der Waals surface area contributed by atoms with Crippen LogP contribution in [0.3, 0.4) is 0 Å². The molecule has 0 aromatic rings. The van der Waals surface area contributed by atoms with Crippen molar-refractivity contribution in [1.29, 1.82) is 0 Å². The van der Waals surface area contributed by atoms with Crippen LogP contribution in [0.15, 0.2) is 0 Å². The number of hydrogen-bond acceptors (Lipinski definition) is 7. The Morgan fingerprint density at radius 1 is 0.848 bits per heavy atom. The van der Waals surface area contributed by atoms with E-state index in [1.807, 2.05) is 0 Å². The predicted molar refractivity (Wildman–Crippen MR) is 116 cm³/mol. The van der Waals surface area contributed by atoms with Crippen molar-refractivity contribution >= 4 is 41.2 Å². The molecule has 1 heterocycles. The van der Waals surface area contributed by atoms with E-state index in [0.717, 1.165) is 4.90 Å². The van der Waals surface area contributed by atoms with E-state index in [-0.39, 0.29) is 87.8 Å². The van der Waals surface area contributed by atoms with Crippen LogP contribution in [0, 0.1) is 11.8 Å². The highest BCUT2D eigenvalue weighted by Gasteiger charge is 2.34. The number of rotatable bonds is 14. The van der Waals surface area contributed by atoms with Crippen molar-refractivity contribution < 1.29 is 33.6 Å². The van der Waals surface area contributed by atoms with Crippen LogP contribution >= 0.6 is 0 Å². The Morgan fingerprint density at radius 2 is 1.36 bits per heavy atom. The molecule has 4 N–H and O–H groups in total. The van der Waals surface area contributed by atoms with Crippen LogP contribution in [-0.4, -0.2) is 78.9 Å². The molecule has 1 fully saturated rings. The summed E-state index contributed by atoms with van der Waals surface area (Å²) in [5, 5.41) is 9.54. The van der Waals surface area contributed by atoms with Crippen molar-refractivity contribution in [3.63, 3.8) is 0 Å². The topological polar surface area (TPSA) is 171 Å². The largest absolute Gasteiger partial charge is 0.354 e. The number of carbonyl (C=O) groups is 7. The molecule has 1 atom stereocenters. The lowest BCUT2D eigenvalue weighted by Crippen LogP contribution is -2.44. The maximum Gasteiger partial charge on any atom is 0.239 e. The highest BCUT2D eigenvalue weighted by atomic mass is 16.2. The number of Topliss-reactive ketones (excluding diaryl/α,β-unsaturated/α-hetero) is 1. The summed E-state index contributed by atoms with van der Waals surface area (Å²) >= 11 is 0. The van der Waals surface area contributed by atoms with Crippen molar-refractivity contribution in [2.45, 2.75) is 46.5 Å². The van der Waals surface area contributed by atoms with Gasteiger partial charge in [-0.2, -0.15) is 0 Å². The van der Waals surface area contributed by atoms with E-state index in [0.29, 0.717) is 0 Å². The third kappa shape index (κ3) is 10.7. The number of carbonyl (C=O) groups excluding carboxylic acids is 7. The highest BCUT2D eigenvalue weighted by molar-refractivity contribution is 6.03. The first-order valence-electron chi connectivity index (χ1n) is 10.9. The zero-order valence-electron chi connectivity index (χ0n) is 19.3. The van der Waals surface area contributed by atoms with Crippen LogP contribution in [0.5, 0.6) is 0 Å². The van der Waals surface area contributed by atoms with Crippen molar-refractivity contribution in [1.82, 2.24) is 26.2 Å². The molecule has 0 aliphatic carbocycles. The van der Waals surface area contributed by atoms with Crippen LogP contribution in [-0.2, 0) is 33.6 Å². The number of likely N-dealkylation sites (tertiary alicyclic amines) is 1.